The summed E-state index contributed by atoms with van der Waals surface area (Å²) in [6.45, 7) is 0. The number of halogens is 2. The summed E-state index contributed by atoms with van der Waals surface area (Å²) in [6, 6.07) is 18.8. The van der Waals surface area contributed by atoms with Gasteiger partial charge in [-0.2, -0.15) is 5.10 Å². The number of nitrogens with zero attached hydrogens (tertiary/aromatic N) is 1. The molecule has 1 aliphatic rings. The van der Waals surface area contributed by atoms with Crippen molar-refractivity contribution in [2.45, 2.75) is 12.3 Å². The number of amides is 1. The monoisotopic (exact) mass is 398 g/mol. The molecule has 4 nitrogen and oxygen atoms in total. The second-order valence-electron chi connectivity index (χ2n) is 6.42. The maximum atomic E-state index is 12.2. The average Bonchev–Trinajstić information content (AvgIpc) is 3.36. The fraction of sp³-hybridized carbons (Fsp3) is 0.143. The Balaban J connectivity index is 1.36. The van der Waals surface area contributed by atoms with Crippen molar-refractivity contribution in [2.24, 2.45) is 11.0 Å². The van der Waals surface area contributed by atoms with Gasteiger partial charge in [-0.1, -0.05) is 53.5 Å². The second-order valence-corrected chi connectivity index (χ2v) is 7.26. The Hall–Kier alpha value is -2.56. The minimum Gasteiger partial charge on any atom is -0.455 e. The molecule has 0 aliphatic heterocycles. The summed E-state index contributed by atoms with van der Waals surface area (Å²) in [5.74, 6) is 1.27. The van der Waals surface area contributed by atoms with E-state index in [1.165, 1.54) is 11.8 Å². The predicted octanol–water partition coefficient (Wildman–Crippen LogP) is 5.51. The fourth-order valence-electron chi connectivity index (χ4n) is 3.05. The Morgan fingerprint density at radius 2 is 1.93 bits per heavy atom. The molecule has 1 amide bonds. The van der Waals surface area contributed by atoms with E-state index in [2.05, 4.69) is 10.5 Å². The summed E-state index contributed by atoms with van der Waals surface area (Å²) >= 11 is 12.2. The van der Waals surface area contributed by atoms with Gasteiger partial charge in [0.05, 0.1) is 11.2 Å². The van der Waals surface area contributed by atoms with Crippen LogP contribution in [0.3, 0.4) is 0 Å². The first-order chi connectivity index (χ1) is 13.1. The Bertz CT molecular complexity index is 998. The van der Waals surface area contributed by atoms with Crippen LogP contribution in [0.2, 0.25) is 10.0 Å². The van der Waals surface area contributed by atoms with Crippen LogP contribution in [0.4, 0.5) is 0 Å². The van der Waals surface area contributed by atoms with Crippen LogP contribution in [0.5, 0.6) is 0 Å². The van der Waals surface area contributed by atoms with Crippen molar-refractivity contribution in [3.05, 3.63) is 82.0 Å². The third kappa shape index (κ3) is 4.07. The normalized spacial score (nSPS) is 18.6. The molecule has 2 atom stereocenters. The van der Waals surface area contributed by atoms with Gasteiger partial charge in [0.2, 0.25) is 5.91 Å². The summed E-state index contributed by atoms with van der Waals surface area (Å²) in [5, 5.41) is 5.12. The minimum atomic E-state index is -0.0789. The number of carbonyl (C=O) groups excluding carboxylic acids is 1. The number of nitrogens with one attached hydrogen (secondary N) is 1. The number of hydrogen-bond acceptors (Lipinski definition) is 3. The standard InChI is InChI=1S/C21H16Cl2N2O2/c22-14-6-8-19(23)18(10-14)20-9-7-15(27-20)12-24-25-21(26)17-11-16(17)13-4-2-1-3-5-13/h1-10,12,16-17H,11H2,(H,25,26)/b24-12+/t16-,17+/m0/s1. The number of furan rings is 1. The Morgan fingerprint density at radius 3 is 2.74 bits per heavy atom. The third-order valence-electron chi connectivity index (χ3n) is 4.54. The van der Waals surface area contributed by atoms with Gasteiger partial charge in [-0.05, 0) is 48.2 Å². The molecular formula is C21H16Cl2N2O2. The molecule has 0 bridgehead atoms. The van der Waals surface area contributed by atoms with Gasteiger partial charge in [-0.15, -0.1) is 0 Å². The lowest BCUT2D eigenvalue weighted by molar-refractivity contribution is -0.122. The highest BCUT2D eigenvalue weighted by atomic mass is 35.5. The van der Waals surface area contributed by atoms with E-state index >= 15 is 0 Å². The molecule has 0 spiro atoms. The van der Waals surface area contributed by atoms with Gasteiger partial charge in [0.25, 0.3) is 0 Å². The zero-order valence-corrected chi connectivity index (χ0v) is 15.7. The molecular weight excluding hydrogens is 383 g/mol. The second kappa shape index (κ2) is 7.59. The van der Waals surface area contributed by atoms with E-state index in [0.717, 1.165) is 6.42 Å². The van der Waals surface area contributed by atoms with Crippen LogP contribution in [0.15, 0.2) is 70.2 Å². The number of carbonyl (C=O) groups is 1. The molecule has 1 aromatic heterocycles. The van der Waals surface area contributed by atoms with E-state index in [1.807, 2.05) is 30.3 Å². The van der Waals surface area contributed by atoms with Gasteiger partial charge >= 0.3 is 0 Å². The molecule has 6 heteroatoms. The van der Waals surface area contributed by atoms with E-state index in [4.69, 9.17) is 27.6 Å². The van der Waals surface area contributed by atoms with Crippen LogP contribution in [0.1, 0.15) is 23.7 Å². The number of hydrazone groups is 1. The van der Waals surface area contributed by atoms with E-state index < -0.39 is 0 Å². The van der Waals surface area contributed by atoms with Crippen LogP contribution >= 0.6 is 23.2 Å². The van der Waals surface area contributed by atoms with Crippen LogP contribution < -0.4 is 5.43 Å². The topological polar surface area (TPSA) is 54.6 Å². The zero-order chi connectivity index (χ0) is 18.8. The molecule has 136 valence electrons. The highest BCUT2D eigenvalue weighted by Gasteiger charge is 2.43. The quantitative estimate of drug-likeness (QED) is 0.455. The van der Waals surface area contributed by atoms with Crippen molar-refractivity contribution in [1.29, 1.82) is 0 Å². The molecule has 1 heterocycles. The van der Waals surface area contributed by atoms with Crippen molar-refractivity contribution in [3.63, 3.8) is 0 Å². The first kappa shape index (κ1) is 17.8. The Morgan fingerprint density at radius 1 is 1.11 bits per heavy atom. The summed E-state index contributed by atoms with van der Waals surface area (Å²) in [4.78, 5) is 12.2. The van der Waals surface area contributed by atoms with Crippen molar-refractivity contribution in [3.8, 4) is 11.3 Å². The van der Waals surface area contributed by atoms with Crippen molar-refractivity contribution >= 4 is 35.3 Å². The fourth-order valence-corrected chi connectivity index (χ4v) is 3.43. The molecule has 27 heavy (non-hydrogen) atoms. The highest BCUT2D eigenvalue weighted by Crippen LogP contribution is 2.47. The first-order valence-electron chi connectivity index (χ1n) is 8.55. The van der Waals surface area contributed by atoms with Crippen LogP contribution in [0, 0.1) is 5.92 Å². The van der Waals surface area contributed by atoms with Gasteiger partial charge in [0, 0.05) is 16.5 Å². The average molecular weight is 399 g/mol. The molecule has 0 unspecified atom stereocenters. The number of benzene rings is 2. The largest absolute Gasteiger partial charge is 0.455 e. The lowest BCUT2D eigenvalue weighted by atomic mass is 10.1. The van der Waals surface area contributed by atoms with Gasteiger partial charge in [-0.25, -0.2) is 5.43 Å². The van der Waals surface area contributed by atoms with E-state index in [-0.39, 0.29) is 17.7 Å². The predicted molar refractivity (Wildman–Crippen MR) is 107 cm³/mol. The zero-order valence-electron chi connectivity index (χ0n) is 14.2. The van der Waals surface area contributed by atoms with Crippen molar-refractivity contribution < 1.29 is 9.21 Å². The molecule has 0 radical (unpaired) electrons. The SMILES string of the molecule is O=C(N/N=C/c1ccc(-c2cc(Cl)ccc2Cl)o1)[C@@H]1C[C@H]1c1ccccc1. The first-order valence-corrected chi connectivity index (χ1v) is 9.30. The van der Waals surface area contributed by atoms with Gasteiger partial charge in [0.15, 0.2) is 0 Å². The molecule has 1 fully saturated rings. The third-order valence-corrected chi connectivity index (χ3v) is 5.11. The number of rotatable bonds is 5. The molecule has 1 aliphatic carbocycles. The molecule has 0 saturated heterocycles. The Labute approximate surface area is 166 Å². The van der Waals surface area contributed by atoms with Gasteiger partial charge in [0.1, 0.15) is 11.5 Å². The van der Waals surface area contributed by atoms with Crippen molar-refractivity contribution in [2.75, 3.05) is 0 Å². The maximum Gasteiger partial charge on any atom is 0.243 e. The van der Waals surface area contributed by atoms with E-state index in [9.17, 15) is 4.79 Å². The van der Waals surface area contributed by atoms with Gasteiger partial charge < -0.3 is 4.42 Å². The number of hydrogen-bond donors (Lipinski definition) is 1. The summed E-state index contributed by atoms with van der Waals surface area (Å²) in [6.07, 6.45) is 2.32. The molecule has 4 rings (SSSR count). The lowest BCUT2D eigenvalue weighted by Gasteiger charge is -2.01. The summed E-state index contributed by atoms with van der Waals surface area (Å²) in [7, 11) is 0. The van der Waals surface area contributed by atoms with Crippen LogP contribution in [0.25, 0.3) is 11.3 Å². The molecule has 1 N–H and O–H groups in total. The Kier molecular flexibility index (Phi) is 5.01. The molecule has 3 aromatic rings. The lowest BCUT2D eigenvalue weighted by Crippen LogP contribution is -2.20. The van der Waals surface area contributed by atoms with E-state index in [1.54, 1.807) is 30.3 Å². The maximum absolute atomic E-state index is 12.2. The van der Waals surface area contributed by atoms with E-state index in [0.29, 0.717) is 27.1 Å². The highest BCUT2D eigenvalue weighted by molar-refractivity contribution is 6.35. The summed E-state index contributed by atoms with van der Waals surface area (Å²) < 4.78 is 5.71. The van der Waals surface area contributed by atoms with Crippen LogP contribution in [-0.4, -0.2) is 12.1 Å². The smallest absolute Gasteiger partial charge is 0.243 e. The summed E-state index contributed by atoms with van der Waals surface area (Å²) in [5.41, 5.74) is 4.48. The minimum absolute atomic E-state index is 0.0259. The molecule has 2 aromatic carbocycles. The van der Waals surface area contributed by atoms with Gasteiger partial charge in [-0.3, -0.25) is 4.79 Å². The molecule has 1 saturated carbocycles. The van der Waals surface area contributed by atoms with Crippen molar-refractivity contribution in [1.82, 2.24) is 5.43 Å². The van der Waals surface area contributed by atoms with Crippen LogP contribution in [-0.2, 0) is 4.79 Å².